The van der Waals surface area contributed by atoms with Crippen molar-refractivity contribution in [2.45, 2.75) is 52.8 Å². The van der Waals surface area contributed by atoms with Crippen LogP contribution in [0.5, 0.6) is 0 Å². The van der Waals surface area contributed by atoms with Crippen molar-refractivity contribution in [1.82, 2.24) is 5.32 Å². The zero-order valence-electron chi connectivity index (χ0n) is 19.0. The summed E-state index contributed by atoms with van der Waals surface area (Å²) in [6, 6.07) is 14.0. The molecule has 0 aliphatic carbocycles. The molecule has 2 aromatic carbocycles. The van der Waals surface area contributed by atoms with Crippen molar-refractivity contribution in [2.75, 3.05) is 11.5 Å². The first-order valence-electron chi connectivity index (χ1n) is 10.9. The molecule has 1 N–H and O–H groups in total. The van der Waals surface area contributed by atoms with Gasteiger partial charge >= 0.3 is 12.1 Å². The number of benzene rings is 2. The molecule has 1 aliphatic rings. The van der Waals surface area contributed by atoms with E-state index in [0.717, 1.165) is 12.0 Å². The third-order valence-electron chi connectivity index (χ3n) is 5.84. The lowest BCUT2D eigenvalue weighted by Gasteiger charge is -2.45. The van der Waals surface area contributed by atoms with E-state index in [9.17, 15) is 14.4 Å². The summed E-state index contributed by atoms with van der Waals surface area (Å²) in [7, 11) is 0. The molecule has 2 amide bonds. The predicted molar refractivity (Wildman–Crippen MR) is 121 cm³/mol. The van der Waals surface area contributed by atoms with Crippen molar-refractivity contribution in [3.63, 3.8) is 0 Å². The quantitative estimate of drug-likeness (QED) is 0.666. The van der Waals surface area contributed by atoms with Crippen LogP contribution < -0.4 is 10.2 Å². The van der Waals surface area contributed by atoms with Gasteiger partial charge in [-0.2, -0.15) is 0 Å². The average molecular weight is 439 g/mol. The number of fused-ring (bicyclic) bond motifs is 1. The number of alkyl carbamates (subject to hydrolysis) is 1. The average Bonchev–Trinajstić information content (AvgIpc) is 2.79. The van der Waals surface area contributed by atoms with Crippen molar-refractivity contribution in [1.29, 1.82) is 0 Å². The van der Waals surface area contributed by atoms with Gasteiger partial charge in [-0.1, -0.05) is 44.2 Å². The first kappa shape index (κ1) is 23.3. The van der Waals surface area contributed by atoms with Crippen molar-refractivity contribution in [3.05, 3.63) is 65.2 Å². The molecule has 0 fully saturated rings. The zero-order chi connectivity index (χ0) is 23.3. The lowest BCUT2D eigenvalue weighted by Crippen LogP contribution is -2.51. The van der Waals surface area contributed by atoms with E-state index in [0.29, 0.717) is 16.8 Å². The predicted octanol–water partition coefficient (Wildman–Crippen LogP) is 4.61. The Balaban J connectivity index is 1.92. The SMILES string of the molecule is CCOC(=O)c1ccc2c(c1)[C@H](NC(=O)OCc1ccccc1)[C@@H](C)[C@@H](CC)N2C(C)=O. The highest BCUT2D eigenvalue weighted by atomic mass is 16.5. The van der Waals surface area contributed by atoms with Gasteiger partial charge < -0.3 is 19.7 Å². The van der Waals surface area contributed by atoms with Crippen molar-refractivity contribution in [3.8, 4) is 0 Å². The second-order valence-electron chi connectivity index (χ2n) is 7.90. The minimum absolute atomic E-state index is 0.0843. The molecule has 0 aromatic heterocycles. The number of amides is 2. The van der Waals surface area contributed by atoms with E-state index in [4.69, 9.17) is 9.47 Å². The second-order valence-corrected chi connectivity index (χ2v) is 7.90. The Morgan fingerprint density at radius 1 is 1.03 bits per heavy atom. The van der Waals surface area contributed by atoms with E-state index in [2.05, 4.69) is 5.32 Å². The molecule has 0 bridgehead atoms. The number of anilines is 1. The lowest BCUT2D eigenvalue weighted by atomic mass is 9.80. The van der Waals surface area contributed by atoms with Crippen LogP contribution in [0, 0.1) is 5.92 Å². The van der Waals surface area contributed by atoms with E-state index in [-0.39, 0.29) is 31.1 Å². The molecule has 7 heteroatoms. The lowest BCUT2D eigenvalue weighted by molar-refractivity contribution is -0.117. The van der Waals surface area contributed by atoms with Gasteiger partial charge in [-0.3, -0.25) is 4.79 Å². The van der Waals surface area contributed by atoms with Crippen molar-refractivity contribution >= 4 is 23.7 Å². The van der Waals surface area contributed by atoms with Gasteiger partial charge in [-0.05, 0) is 42.7 Å². The Morgan fingerprint density at radius 2 is 1.75 bits per heavy atom. The third-order valence-corrected chi connectivity index (χ3v) is 5.84. The molecule has 1 heterocycles. The standard InChI is InChI=1S/C25H30N2O5/c1-5-21-16(3)23(26-25(30)32-15-18-10-8-7-9-11-18)20-14-19(24(29)31-6-2)12-13-22(20)27(21)17(4)28/h7-14,16,21,23H,5-6,15H2,1-4H3,(H,26,30)/t16-,21+,23+/m0/s1. The molecule has 0 saturated carbocycles. The summed E-state index contributed by atoms with van der Waals surface area (Å²) in [6.45, 7) is 7.69. The number of ether oxygens (including phenoxy) is 2. The molecule has 3 atom stereocenters. The van der Waals surface area contributed by atoms with Gasteiger partial charge in [0, 0.05) is 24.6 Å². The molecule has 170 valence electrons. The molecule has 0 radical (unpaired) electrons. The van der Waals surface area contributed by atoms with E-state index in [1.54, 1.807) is 30.0 Å². The van der Waals surface area contributed by atoms with Gasteiger partial charge in [0.2, 0.25) is 5.91 Å². The maximum atomic E-state index is 12.7. The molecule has 0 unspecified atom stereocenters. The second kappa shape index (κ2) is 10.3. The zero-order valence-corrected chi connectivity index (χ0v) is 19.0. The van der Waals surface area contributed by atoms with Crippen molar-refractivity contribution in [2.24, 2.45) is 5.92 Å². The minimum atomic E-state index is -0.552. The van der Waals surface area contributed by atoms with Gasteiger partial charge in [-0.15, -0.1) is 0 Å². The summed E-state index contributed by atoms with van der Waals surface area (Å²) in [5.74, 6) is -0.627. The Bertz CT molecular complexity index is 976. The first-order valence-corrected chi connectivity index (χ1v) is 10.9. The van der Waals surface area contributed by atoms with Crippen LogP contribution in [-0.2, 0) is 20.9 Å². The molecule has 3 rings (SSSR count). The fourth-order valence-electron chi connectivity index (χ4n) is 4.34. The van der Waals surface area contributed by atoms with Crippen LogP contribution in [0.3, 0.4) is 0 Å². The van der Waals surface area contributed by atoms with Gasteiger partial charge in [-0.25, -0.2) is 9.59 Å². The summed E-state index contributed by atoms with van der Waals surface area (Å²) in [6.07, 6.45) is 0.168. The number of nitrogens with one attached hydrogen (secondary N) is 1. The summed E-state index contributed by atoms with van der Waals surface area (Å²) in [5.41, 5.74) is 2.64. The van der Waals surface area contributed by atoms with E-state index < -0.39 is 18.1 Å². The maximum Gasteiger partial charge on any atom is 0.407 e. The van der Waals surface area contributed by atoms with Crippen LogP contribution in [0.4, 0.5) is 10.5 Å². The van der Waals surface area contributed by atoms with Gasteiger partial charge in [0.25, 0.3) is 0 Å². The number of hydrogen-bond donors (Lipinski definition) is 1. The van der Waals surface area contributed by atoms with E-state index in [1.165, 1.54) is 6.92 Å². The van der Waals surface area contributed by atoms with Gasteiger partial charge in [0.05, 0.1) is 18.2 Å². The fourth-order valence-corrected chi connectivity index (χ4v) is 4.34. The van der Waals surface area contributed by atoms with Crippen LogP contribution in [-0.4, -0.2) is 30.6 Å². The highest BCUT2D eigenvalue weighted by Crippen LogP contribution is 2.42. The highest BCUT2D eigenvalue weighted by Gasteiger charge is 2.40. The molecule has 2 aromatic rings. The molecule has 32 heavy (non-hydrogen) atoms. The molecule has 7 nitrogen and oxygen atoms in total. The highest BCUT2D eigenvalue weighted by molar-refractivity contribution is 5.96. The maximum absolute atomic E-state index is 12.7. The van der Waals surface area contributed by atoms with E-state index in [1.807, 2.05) is 44.2 Å². The number of carbonyl (C=O) groups is 3. The Labute approximate surface area is 188 Å². The summed E-state index contributed by atoms with van der Waals surface area (Å²) in [5, 5.41) is 2.97. The van der Waals surface area contributed by atoms with Gasteiger partial charge in [0.1, 0.15) is 6.61 Å². The largest absolute Gasteiger partial charge is 0.462 e. The van der Waals surface area contributed by atoms with Gasteiger partial charge in [0.15, 0.2) is 0 Å². The van der Waals surface area contributed by atoms with Crippen molar-refractivity contribution < 1.29 is 23.9 Å². The smallest absolute Gasteiger partial charge is 0.407 e. The monoisotopic (exact) mass is 438 g/mol. The minimum Gasteiger partial charge on any atom is -0.462 e. The Morgan fingerprint density at radius 3 is 2.38 bits per heavy atom. The van der Waals surface area contributed by atoms with E-state index >= 15 is 0 Å². The third kappa shape index (κ3) is 4.93. The number of nitrogens with zero attached hydrogens (tertiary/aromatic N) is 1. The van der Waals surface area contributed by atoms with Crippen LogP contribution in [0.25, 0.3) is 0 Å². The Kier molecular flexibility index (Phi) is 7.51. The molecule has 1 aliphatic heterocycles. The number of esters is 1. The van der Waals surface area contributed by atoms with Crippen LogP contribution in [0.1, 0.15) is 61.6 Å². The summed E-state index contributed by atoms with van der Waals surface area (Å²) >= 11 is 0. The molecule has 0 saturated heterocycles. The topological polar surface area (TPSA) is 84.9 Å². The summed E-state index contributed by atoms with van der Waals surface area (Å²) < 4.78 is 10.6. The molecule has 0 spiro atoms. The fraction of sp³-hybridized carbons (Fsp3) is 0.400. The molecular formula is C25H30N2O5. The number of rotatable bonds is 6. The normalized spacial score (nSPS) is 19.6. The van der Waals surface area contributed by atoms with Crippen LogP contribution in [0.15, 0.2) is 48.5 Å². The van der Waals surface area contributed by atoms with Crippen LogP contribution in [0.2, 0.25) is 0 Å². The van der Waals surface area contributed by atoms with Crippen LogP contribution >= 0.6 is 0 Å². The molecular weight excluding hydrogens is 408 g/mol. The Hall–Kier alpha value is -3.35. The summed E-state index contributed by atoms with van der Waals surface area (Å²) in [4.78, 5) is 39.2. The number of hydrogen-bond acceptors (Lipinski definition) is 5. The first-order chi connectivity index (χ1) is 15.4. The number of carbonyl (C=O) groups excluding carboxylic acids is 3.